The Morgan fingerprint density at radius 2 is 2.05 bits per heavy atom. The van der Waals surface area contributed by atoms with Gasteiger partial charge in [0.1, 0.15) is 11.5 Å². The summed E-state index contributed by atoms with van der Waals surface area (Å²) in [5.74, 6) is -0.225. The van der Waals surface area contributed by atoms with E-state index in [0.29, 0.717) is 5.82 Å². The standard InChI is InChI=1S/C12H10F3N3O/c1-6-17-9(11(16)18-6)10(19)7-3-2-4-8(5-7)12(13,14)15/h2-5H,16H2,1H3,(H,17,18). The largest absolute Gasteiger partial charge is 0.416 e. The number of alkyl halides is 3. The topological polar surface area (TPSA) is 71.8 Å². The van der Waals surface area contributed by atoms with Gasteiger partial charge in [0, 0.05) is 5.56 Å². The number of aromatic nitrogens is 2. The van der Waals surface area contributed by atoms with Gasteiger partial charge in [0.2, 0.25) is 5.78 Å². The molecule has 0 unspecified atom stereocenters. The predicted octanol–water partition coefficient (Wildman–Crippen LogP) is 2.55. The highest BCUT2D eigenvalue weighted by Gasteiger charge is 2.31. The summed E-state index contributed by atoms with van der Waals surface area (Å²) in [6.07, 6.45) is -4.49. The van der Waals surface area contributed by atoms with Gasteiger partial charge in [-0.3, -0.25) is 4.79 Å². The van der Waals surface area contributed by atoms with Crippen LogP contribution in [0.5, 0.6) is 0 Å². The van der Waals surface area contributed by atoms with Crippen LogP contribution in [-0.2, 0) is 6.18 Å². The van der Waals surface area contributed by atoms with Crippen molar-refractivity contribution in [2.75, 3.05) is 5.73 Å². The van der Waals surface area contributed by atoms with E-state index in [-0.39, 0.29) is 17.1 Å². The zero-order valence-corrected chi connectivity index (χ0v) is 9.88. The number of aryl methyl sites for hydroxylation is 1. The van der Waals surface area contributed by atoms with Gasteiger partial charge < -0.3 is 10.7 Å². The van der Waals surface area contributed by atoms with E-state index in [1.165, 1.54) is 12.1 Å². The number of nitrogens with one attached hydrogen (secondary N) is 1. The van der Waals surface area contributed by atoms with Crippen LogP contribution >= 0.6 is 0 Å². The molecule has 1 heterocycles. The van der Waals surface area contributed by atoms with E-state index in [9.17, 15) is 18.0 Å². The van der Waals surface area contributed by atoms with E-state index in [0.717, 1.165) is 12.1 Å². The minimum atomic E-state index is -4.49. The van der Waals surface area contributed by atoms with Crippen LogP contribution in [0.3, 0.4) is 0 Å². The first kappa shape index (κ1) is 13.1. The monoisotopic (exact) mass is 269 g/mol. The number of nitrogens with two attached hydrogens (primary N) is 1. The normalized spacial score (nSPS) is 11.6. The van der Waals surface area contributed by atoms with Gasteiger partial charge in [-0.15, -0.1) is 0 Å². The fourth-order valence-corrected chi connectivity index (χ4v) is 1.66. The fourth-order valence-electron chi connectivity index (χ4n) is 1.66. The zero-order valence-electron chi connectivity index (χ0n) is 9.88. The van der Waals surface area contributed by atoms with Crippen LogP contribution in [0.2, 0.25) is 0 Å². The number of aromatic amines is 1. The Kier molecular flexibility index (Phi) is 3.05. The van der Waals surface area contributed by atoms with Crippen LogP contribution in [0.15, 0.2) is 24.3 Å². The molecule has 100 valence electrons. The van der Waals surface area contributed by atoms with E-state index in [1.54, 1.807) is 6.92 Å². The molecule has 0 bridgehead atoms. The van der Waals surface area contributed by atoms with Crippen LogP contribution < -0.4 is 5.73 Å². The third kappa shape index (κ3) is 2.59. The highest BCUT2D eigenvalue weighted by atomic mass is 19.4. The minimum Gasteiger partial charge on any atom is -0.382 e. The molecule has 0 atom stereocenters. The van der Waals surface area contributed by atoms with E-state index in [4.69, 9.17) is 5.73 Å². The van der Waals surface area contributed by atoms with Crippen molar-refractivity contribution in [3.05, 3.63) is 46.9 Å². The molecule has 1 aromatic heterocycles. The molecule has 2 aromatic rings. The molecule has 0 saturated carbocycles. The van der Waals surface area contributed by atoms with Gasteiger partial charge in [-0.2, -0.15) is 13.2 Å². The molecule has 2 rings (SSSR count). The number of carbonyl (C=O) groups is 1. The summed E-state index contributed by atoms with van der Waals surface area (Å²) in [6.45, 7) is 1.60. The molecule has 0 aliphatic rings. The van der Waals surface area contributed by atoms with E-state index < -0.39 is 17.5 Å². The SMILES string of the molecule is Cc1nc(N)c(C(=O)c2cccc(C(F)(F)F)c2)[nH]1. The Morgan fingerprint density at radius 3 is 2.58 bits per heavy atom. The van der Waals surface area contributed by atoms with Crippen LogP contribution in [-0.4, -0.2) is 15.8 Å². The van der Waals surface area contributed by atoms with E-state index >= 15 is 0 Å². The Hall–Kier alpha value is -2.31. The van der Waals surface area contributed by atoms with Gasteiger partial charge in [0.15, 0.2) is 5.82 Å². The summed E-state index contributed by atoms with van der Waals surface area (Å²) in [5.41, 5.74) is 4.54. The quantitative estimate of drug-likeness (QED) is 0.823. The second-order valence-electron chi connectivity index (χ2n) is 3.99. The number of ketones is 1. The Bertz CT molecular complexity index is 631. The third-order valence-electron chi connectivity index (χ3n) is 2.53. The molecular formula is C12H10F3N3O. The number of H-pyrrole nitrogens is 1. The average molecular weight is 269 g/mol. The summed E-state index contributed by atoms with van der Waals surface area (Å²) in [4.78, 5) is 18.5. The number of hydrogen-bond donors (Lipinski definition) is 2. The third-order valence-corrected chi connectivity index (χ3v) is 2.53. The number of halogens is 3. The highest BCUT2D eigenvalue weighted by Crippen LogP contribution is 2.30. The number of anilines is 1. The van der Waals surface area contributed by atoms with Crippen molar-refractivity contribution in [1.29, 1.82) is 0 Å². The molecule has 0 amide bonds. The molecule has 0 spiro atoms. The first-order valence-electron chi connectivity index (χ1n) is 5.33. The minimum absolute atomic E-state index is 0.00294. The summed E-state index contributed by atoms with van der Waals surface area (Å²) < 4.78 is 37.7. The molecule has 4 nitrogen and oxygen atoms in total. The molecule has 19 heavy (non-hydrogen) atoms. The number of hydrogen-bond acceptors (Lipinski definition) is 3. The molecule has 3 N–H and O–H groups in total. The lowest BCUT2D eigenvalue weighted by Gasteiger charge is -2.07. The van der Waals surface area contributed by atoms with Crippen molar-refractivity contribution in [1.82, 2.24) is 9.97 Å². The molecule has 0 saturated heterocycles. The van der Waals surface area contributed by atoms with Crippen molar-refractivity contribution in [3.63, 3.8) is 0 Å². The predicted molar refractivity (Wildman–Crippen MR) is 62.6 cm³/mol. The van der Waals surface area contributed by atoms with E-state index in [2.05, 4.69) is 9.97 Å². The van der Waals surface area contributed by atoms with Crippen LogP contribution in [0.1, 0.15) is 27.4 Å². The van der Waals surface area contributed by atoms with Crippen molar-refractivity contribution in [3.8, 4) is 0 Å². The number of carbonyl (C=O) groups excluding carboxylic acids is 1. The molecule has 1 aromatic carbocycles. The van der Waals surface area contributed by atoms with Crippen molar-refractivity contribution >= 4 is 11.6 Å². The smallest absolute Gasteiger partial charge is 0.382 e. The van der Waals surface area contributed by atoms with Gasteiger partial charge >= 0.3 is 6.18 Å². The lowest BCUT2D eigenvalue weighted by molar-refractivity contribution is -0.137. The molecule has 7 heteroatoms. The molecule has 0 aliphatic heterocycles. The second kappa shape index (κ2) is 4.42. The Morgan fingerprint density at radius 1 is 1.37 bits per heavy atom. The summed E-state index contributed by atoms with van der Waals surface area (Å²) >= 11 is 0. The second-order valence-corrected chi connectivity index (χ2v) is 3.99. The Labute approximate surface area is 106 Å². The zero-order chi connectivity index (χ0) is 14.2. The lowest BCUT2D eigenvalue weighted by atomic mass is 10.0. The van der Waals surface area contributed by atoms with Crippen molar-refractivity contribution in [2.24, 2.45) is 0 Å². The van der Waals surface area contributed by atoms with Crippen LogP contribution in [0.25, 0.3) is 0 Å². The van der Waals surface area contributed by atoms with Gasteiger partial charge in [0.25, 0.3) is 0 Å². The number of benzene rings is 1. The van der Waals surface area contributed by atoms with Gasteiger partial charge in [-0.1, -0.05) is 12.1 Å². The molecular weight excluding hydrogens is 259 g/mol. The molecule has 0 fully saturated rings. The first-order valence-corrected chi connectivity index (χ1v) is 5.33. The van der Waals surface area contributed by atoms with Crippen molar-refractivity contribution < 1.29 is 18.0 Å². The summed E-state index contributed by atoms with van der Waals surface area (Å²) in [6, 6.07) is 4.17. The van der Waals surface area contributed by atoms with Crippen LogP contribution in [0, 0.1) is 6.92 Å². The molecule has 0 aliphatic carbocycles. The summed E-state index contributed by atoms with van der Waals surface area (Å²) in [7, 11) is 0. The summed E-state index contributed by atoms with van der Waals surface area (Å²) in [5, 5.41) is 0. The molecule has 0 radical (unpaired) electrons. The number of nitrogens with zero attached hydrogens (tertiary/aromatic N) is 1. The van der Waals surface area contributed by atoms with Gasteiger partial charge in [-0.25, -0.2) is 4.98 Å². The highest BCUT2D eigenvalue weighted by molar-refractivity contribution is 6.10. The van der Waals surface area contributed by atoms with Crippen LogP contribution in [0.4, 0.5) is 19.0 Å². The number of imidazole rings is 1. The van der Waals surface area contributed by atoms with Gasteiger partial charge in [0.05, 0.1) is 5.56 Å². The van der Waals surface area contributed by atoms with Crippen molar-refractivity contribution in [2.45, 2.75) is 13.1 Å². The maximum atomic E-state index is 12.6. The maximum Gasteiger partial charge on any atom is 0.416 e. The lowest BCUT2D eigenvalue weighted by Crippen LogP contribution is -2.09. The van der Waals surface area contributed by atoms with E-state index in [1.807, 2.05) is 0 Å². The van der Waals surface area contributed by atoms with Gasteiger partial charge in [-0.05, 0) is 19.1 Å². The first-order chi connectivity index (χ1) is 8.79. The number of nitrogen functional groups attached to an aromatic ring is 1. The maximum absolute atomic E-state index is 12.6. The Balaban J connectivity index is 2.43. The fraction of sp³-hybridized carbons (Fsp3) is 0.167. The number of rotatable bonds is 2. The average Bonchev–Trinajstić information content (AvgIpc) is 2.66.